The Balaban J connectivity index is 2.51. The van der Waals surface area contributed by atoms with E-state index >= 15 is 0 Å². The van der Waals surface area contributed by atoms with Gasteiger partial charge >= 0.3 is 0 Å². The van der Waals surface area contributed by atoms with E-state index in [0.29, 0.717) is 15.7 Å². The maximum Gasteiger partial charge on any atom is 0.196 e. The molecule has 0 aromatic heterocycles. The van der Waals surface area contributed by atoms with Crippen molar-refractivity contribution in [3.8, 4) is 0 Å². The summed E-state index contributed by atoms with van der Waals surface area (Å²) in [6, 6.07) is 9.41. The number of benzene rings is 2. The lowest BCUT2D eigenvalue weighted by Crippen LogP contribution is -2.05. The fourth-order valence-corrected chi connectivity index (χ4v) is 2.46. The average Bonchev–Trinajstić information content (AvgIpc) is 2.30. The van der Waals surface area contributed by atoms with Crippen molar-refractivity contribution in [1.29, 1.82) is 0 Å². The molecule has 0 bridgehead atoms. The number of rotatable bonds is 2. The number of nitrogens with two attached hydrogens (primary N) is 1. The molecule has 0 spiro atoms. The summed E-state index contributed by atoms with van der Waals surface area (Å²) in [7, 11) is 0. The van der Waals surface area contributed by atoms with E-state index in [1.54, 1.807) is 24.3 Å². The number of nitrogen functional groups attached to an aromatic ring is 1. The predicted molar refractivity (Wildman–Crippen MR) is 76.1 cm³/mol. The Morgan fingerprint density at radius 1 is 1.17 bits per heavy atom. The molecule has 5 heteroatoms. The van der Waals surface area contributed by atoms with Crippen molar-refractivity contribution in [2.75, 3.05) is 5.73 Å². The summed E-state index contributed by atoms with van der Waals surface area (Å²) < 4.78 is 14.8. The smallest absolute Gasteiger partial charge is 0.196 e. The van der Waals surface area contributed by atoms with Crippen molar-refractivity contribution in [3.05, 3.63) is 62.3 Å². The van der Waals surface area contributed by atoms with Crippen LogP contribution in [0.2, 0.25) is 0 Å². The highest BCUT2D eigenvalue weighted by molar-refractivity contribution is 9.10. The number of carbonyl (C=O) groups excluding carboxylic acids is 1. The van der Waals surface area contributed by atoms with Crippen LogP contribution in [-0.2, 0) is 0 Å². The Kier molecular flexibility index (Phi) is 3.82. The molecule has 2 N–H and O–H groups in total. The third-order valence-corrected chi connectivity index (χ3v) is 3.45. The van der Waals surface area contributed by atoms with Gasteiger partial charge in [0.15, 0.2) is 5.78 Å². The zero-order valence-electron chi connectivity index (χ0n) is 9.08. The Labute approximate surface area is 120 Å². The fourth-order valence-electron chi connectivity index (χ4n) is 1.58. The summed E-state index contributed by atoms with van der Waals surface area (Å²) in [6.45, 7) is 0. The van der Waals surface area contributed by atoms with E-state index in [1.807, 2.05) is 0 Å². The monoisotopic (exact) mass is 371 g/mol. The van der Waals surface area contributed by atoms with E-state index < -0.39 is 11.6 Å². The first-order valence-corrected chi connectivity index (χ1v) is 6.62. The van der Waals surface area contributed by atoms with E-state index in [-0.39, 0.29) is 10.0 Å². The summed E-state index contributed by atoms with van der Waals surface area (Å²) in [4.78, 5) is 12.2. The molecule has 0 unspecified atom stereocenters. The van der Waals surface area contributed by atoms with Gasteiger partial charge in [0.05, 0.1) is 10.0 Å². The van der Waals surface area contributed by atoms with Gasteiger partial charge in [-0.05, 0) is 46.3 Å². The van der Waals surface area contributed by atoms with Crippen LogP contribution in [0, 0.1) is 5.82 Å². The molecule has 2 nitrogen and oxygen atoms in total. The van der Waals surface area contributed by atoms with Crippen LogP contribution in [0.3, 0.4) is 0 Å². The second-order valence-corrected chi connectivity index (χ2v) is 5.47. The quantitative estimate of drug-likeness (QED) is 0.635. The second-order valence-electron chi connectivity index (χ2n) is 3.70. The van der Waals surface area contributed by atoms with Crippen molar-refractivity contribution in [2.24, 2.45) is 0 Å². The maximum atomic E-state index is 13.8. The second kappa shape index (κ2) is 5.20. The highest BCUT2D eigenvalue weighted by Crippen LogP contribution is 2.24. The largest absolute Gasteiger partial charge is 0.399 e. The molecule has 0 saturated carbocycles. The van der Waals surface area contributed by atoms with Crippen LogP contribution >= 0.6 is 31.9 Å². The van der Waals surface area contributed by atoms with Crippen LogP contribution in [0.1, 0.15) is 15.9 Å². The third kappa shape index (κ3) is 2.62. The van der Waals surface area contributed by atoms with Gasteiger partial charge in [-0.15, -0.1) is 0 Å². The van der Waals surface area contributed by atoms with Crippen LogP contribution in [0.25, 0.3) is 0 Å². The number of anilines is 1. The van der Waals surface area contributed by atoms with Crippen LogP contribution < -0.4 is 5.73 Å². The van der Waals surface area contributed by atoms with E-state index in [2.05, 4.69) is 31.9 Å². The molecule has 2 aromatic rings. The molecule has 0 aliphatic carbocycles. The predicted octanol–water partition coefficient (Wildman–Crippen LogP) is 4.16. The van der Waals surface area contributed by atoms with Gasteiger partial charge in [0.25, 0.3) is 0 Å². The Morgan fingerprint density at radius 3 is 2.56 bits per heavy atom. The van der Waals surface area contributed by atoms with Crippen LogP contribution in [0.5, 0.6) is 0 Å². The molecule has 0 radical (unpaired) electrons. The van der Waals surface area contributed by atoms with Crippen LogP contribution in [0.4, 0.5) is 10.1 Å². The molecule has 0 aliphatic rings. The summed E-state index contributed by atoms with van der Waals surface area (Å²) >= 11 is 6.31. The van der Waals surface area contributed by atoms with Crippen molar-refractivity contribution >= 4 is 43.3 Å². The number of carbonyl (C=O) groups is 1. The van der Waals surface area contributed by atoms with Crippen molar-refractivity contribution in [1.82, 2.24) is 0 Å². The summed E-state index contributed by atoms with van der Waals surface area (Å²) in [5, 5.41) is 0. The third-order valence-electron chi connectivity index (χ3n) is 2.38. The molecule has 92 valence electrons. The first-order valence-electron chi connectivity index (χ1n) is 5.04. The number of hydrogen-bond donors (Lipinski definition) is 1. The molecule has 0 fully saturated rings. The van der Waals surface area contributed by atoms with Crippen molar-refractivity contribution in [3.63, 3.8) is 0 Å². The lowest BCUT2D eigenvalue weighted by molar-refractivity contribution is 0.103. The van der Waals surface area contributed by atoms with E-state index in [1.165, 1.54) is 12.1 Å². The highest BCUT2D eigenvalue weighted by atomic mass is 79.9. The van der Waals surface area contributed by atoms with Crippen molar-refractivity contribution < 1.29 is 9.18 Å². The summed E-state index contributed by atoms with van der Waals surface area (Å²) in [6.07, 6.45) is 0. The molecular formula is C13H8Br2FNO. The summed E-state index contributed by atoms with van der Waals surface area (Å²) in [5.74, 6) is -0.970. The standard InChI is InChI=1S/C13H8Br2FNO/c14-8-4-7(5-9(17)6-8)13(18)10-2-1-3-11(15)12(10)16/h1-6H,17H2. The lowest BCUT2D eigenvalue weighted by atomic mass is 10.0. The zero-order valence-corrected chi connectivity index (χ0v) is 12.3. The Bertz CT molecular complexity index is 608. The molecule has 0 saturated heterocycles. The fraction of sp³-hybridized carbons (Fsp3) is 0. The maximum absolute atomic E-state index is 13.8. The van der Waals surface area contributed by atoms with Gasteiger partial charge in [-0.25, -0.2) is 4.39 Å². The number of hydrogen-bond acceptors (Lipinski definition) is 2. The minimum absolute atomic E-state index is 0.0156. The first-order chi connectivity index (χ1) is 8.49. The first kappa shape index (κ1) is 13.2. The van der Waals surface area contributed by atoms with Gasteiger partial charge in [0, 0.05) is 15.7 Å². The molecular weight excluding hydrogens is 365 g/mol. The molecule has 18 heavy (non-hydrogen) atoms. The van der Waals surface area contributed by atoms with Gasteiger partial charge in [-0.1, -0.05) is 22.0 Å². The van der Waals surface area contributed by atoms with Crippen LogP contribution in [-0.4, -0.2) is 5.78 Å². The lowest BCUT2D eigenvalue weighted by Gasteiger charge is -2.05. The SMILES string of the molecule is Nc1cc(Br)cc(C(=O)c2cccc(Br)c2F)c1. The molecule has 2 aromatic carbocycles. The van der Waals surface area contributed by atoms with Gasteiger partial charge in [-0.2, -0.15) is 0 Å². The van der Waals surface area contributed by atoms with Gasteiger partial charge in [0.2, 0.25) is 0 Å². The molecule has 0 heterocycles. The number of ketones is 1. The van der Waals surface area contributed by atoms with E-state index in [0.717, 1.165) is 0 Å². The topological polar surface area (TPSA) is 43.1 Å². The highest BCUT2D eigenvalue weighted by Gasteiger charge is 2.16. The zero-order chi connectivity index (χ0) is 13.3. The van der Waals surface area contributed by atoms with Gasteiger partial charge in [0.1, 0.15) is 5.82 Å². The Morgan fingerprint density at radius 2 is 1.89 bits per heavy atom. The van der Waals surface area contributed by atoms with E-state index in [9.17, 15) is 9.18 Å². The average molecular weight is 373 g/mol. The van der Waals surface area contributed by atoms with Crippen molar-refractivity contribution in [2.45, 2.75) is 0 Å². The molecule has 0 atom stereocenters. The number of halogens is 3. The van der Waals surface area contributed by atoms with Gasteiger partial charge < -0.3 is 5.73 Å². The minimum atomic E-state index is -0.568. The van der Waals surface area contributed by atoms with Crippen LogP contribution in [0.15, 0.2) is 45.3 Å². The van der Waals surface area contributed by atoms with E-state index in [4.69, 9.17) is 5.73 Å². The minimum Gasteiger partial charge on any atom is -0.399 e. The molecule has 0 aliphatic heterocycles. The molecule has 0 amide bonds. The Hall–Kier alpha value is -1.20. The summed E-state index contributed by atoms with van der Waals surface area (Å²) in [5.41, 5.74) is 6.47. The normalized spacial score (nSPS) is 10.4. The molecule has 2 rings (SSSR count). The van der Waals surface area contributed by atoms with Gasteiger partial charge in [-0.3, -0.25) is 4.79 Å².